The van der Waals surface area contributed by atoms with Gasteiger partial charge in [-0.15, -0.1) is 0 Å². The van der Waals surface area contributed by atoms with Gasteiger partial charge in [0, 0.05) is 11.8 Å². The second kappa shape index (κ2) is 4.00. The predicted molar refractivity (Wildman–Crippen MR) is 38.2 cm³/mol. The van der Waals surface area contributed by atoms with Crippen molar-refractivity contribution in [1.82, 2.24) is 5.00 Å². The Kier molecular flexibility index (Phi) is 2.95. The van der Waals surface area contributed by atoms with Crippen LogP contribution in [-0.2, 0) is 14.4 Å². The highest BCUT2D eigenvalue weighted by atomic mass is 35.5. The Morgan fingerprint density at radius 1 is 1.64 bits per heavy atom. The molecule has 0 amide bonds. The Labute approximate surface area is 68.5 Å². The summed E-state index contributed by atoms with van der Waals surface area (Å²) in [4.78, 5) is 16.8. The van der Waals surface area contributed by atoms with Crippen LogP contribution in [0.1, 0.15) is 0 Å². The Balaban J connectivity index is 2.42. The van der Waals surface area contributed by atoms with Gasteiger partial charge in [0.2, 0.25) is 6.10 Å². The highest BCUT2D eigenvalue weighted by Crippen LogP contribution is 2.03. The molecule has 60 valence electrons. The summed E-state index contributed by atoms with van der Waals surface area (Å²) in [5.74, 6) is -0.583. The van der Waals surface area contributed by atoms with Crippen LogP contribution in [-0.4, -0.2) is 12.1 Å². The van der Waals surface area contributed by atoms with Crippen LogP contribution in [0, 0.1) is 0 Å². The number of allylic oxidation sites excluding steroid dienone is 2. The third-order valence-corrected chi connectivity index (χ3v) is 1.15. The van der Waals surface area contributed by atoms with E-state index in [4.69, 9.17) is 16.5 Å². The zero-order valence-corrected chi connectivity index (χ0v) is 6.25. The minimum Gasteiger partial charge on any atom is -0.482 e. The molecule has 0 fully saturated rings. The van der Waals surface area contributed by atoms with E-state index in [1.807, 2.05) is 0 Å². The minimum atomic E-state index is -0.703. The number of carbonyl (C=O) groups is 1. The van der Waals surface area contributed by atoms with Crippen molar-refractivity contribution in [2.45, 2.75) is 6.10 Å². The molecule has 1 atom stereocenters. The lowest BCUT2D eigenvalue weighted by molar-refractivity contribution is -0.154. The smallest absolute Gasteiger partial charge is 0.371 e. The number of hydrogen-bond acceptors (Lipinski definition) is 4. The van der Waals surface area contributed by atoms with Crippen LogP contribution < -0.4 is 5.00 Å². The van der Waals surface area contributed by atoms with Crippen molar-refractivity contribution >= 4 is 17.7 Å². The number of nitrogens with one attached hydrogen (secondary N) is 1. The molecule has 1 aliphatic rings. The summed E-state index contributed by atoms with van der Waals surface area (Å²) in [7, 11) is 0. The quantitative estimate of drug-likeness (QED) is 0.495. The van der Waals surface area contributed by atoms with E-state index in [1.54, 1.807) is 23.2 Å². The molecule has 0 aromatic carbocycles. The van der Waals surface area contributed by atoms with Gasteiger partial charge in [-0.2, -0.15) is 0 Å². The summed E-state index contributed by atoms with van der Waals surface area (Å²) in [5, 5.41) is 0. The van der Waals surface area contributed by atoms with Gasteiger partial charge < -0.3 is 9.57 Å². The van der Waals surface area contributed by atoms with Crippen molar-refractivity contribution in [3.05, 3.63) is 24.5 Å². The van der Waals surface area contributed by atoms with E-state index >= 15 is 0 Å². The lowest BCUT2D eigenvalue weighted by Crippen LogP contribution is -2.26. The van der Waals surface area contributed by atoms with Crippen LogP contribution in [0.15, 0.2) is 24.5 Å². The summed E-state index contributed by atoms with van der Waals surface area (Å²) in [6.45, 7) is 0. The van der Waals surface area contributed by atoms with Crippen molar-refractivity contribution in [3.63, 3.8) is 0 Å². The van der Waals surface area contributed by atoms with E-state index in [-0.39, 0.29) is 0 Å². The maximum atomic E-state index is 10.8. The zero-order chi connectivity index (χ0) is 8.10. The average Bonchev–Trinajstić information content (AvgIpc) is 2.07. The first-order valence-corrected chi connectivity index (χ1v) is 3.27. The standard InChI is InChI=1S/C6H6ClNO3/c7-8-11-6(9)5-3-1-2-4-10-5/h1-5,8H. The monoisotopic (exact) mass is 175 g/mol. The van der Waals surface area contributed by atoms with E-state index in [2.05, 4.69) is 4.84 Å². The molecule has 0 aliphatic carbocycles. The molecule has 11 heavy (non-hydrogen) atoms. The molecule has 1 heterocycles. The van der Waals surface area contributed by atoms with Gasteiger partial charge in [-0.1, -0.05) is 11.1 Å². The van der Waals surface area contributed by atoms with Gasteiger partial charge in [-0.3, -0.25) is 0 Å². The average molecular weight is 176 g/mol. The second-order valence-electron chi connectivity index (χ2n) is 1.77. The summed E-state index contributed by atoms with van der Waals surface area (Å²) in [6.07, 6.45) is 5.60. The normalized spacial score (nSPS) is 21.0. The number of carbonyl (C=O) groups excluding carboxylic acids is 1. The number of rotatable bonds is 2. The van der Waals surface area contributed by atoms with E-state index in [0.29, 0.717) is 0 Å². The minimum absolute atomic E-state index is 0.583. The van der Waals surface area contributed by atoms with Crippen molar-refractivity contribution in [3.8, 4) is 0 Å². The van der Waals surface area contributed by atoms with Crippen molar-refractivity contribution in [1.29, 1.82) is 0 Å². The molecule has 1 aliphatic heterocycles. The highest BCUT2D eigenvalue weighted by molar-refractivity contribution is 6.13. The highest BCUT2D eigenvalue weighted by Gasteiger charge is 2.18. The van der Waals surface area contributed by atoms with Crippen LogP contribution in [0.5, 0.6) is 0 Å². The zero-order valence-electron chi connectivity index (χ0n) is 5.49. The molecule has 4 nitrogen and oxygen atoms in total. The Morgan fingerprint density at radius 2 is 2.45 bits per heavy atom. The molecule has 0 spiro atoms. The SMILES string of the molecule is O=C(ONCl)C1C=CC=CO1. The van der Waals surface area contributed by atoms with Gasteiger partial charge in [0.25, 0.3) is 0 Å². The van der Waals surface area contributed by atoms with Gasteiger partial charge in [0.1, 0.15) is 0 Å². The molecular formula is C6H6ClNO3. The molecule has 0 radical (unpaired) electrons. The van der Waals surface area contributed by atoms with E-state index < -0.39 is 12.1 Å². The second-order valence-corrected chi connectivity index (χ2v) is 1.92. The molecule has 0 saturated heterocycles. The summed E-state index contributed by atoms with van der Waals surface area (Å²) in [5.41, 5.74) is 0. The van der Waals surface area contributed by atoms with Crippen molar-refractivity contribution < 1.29 is 14.4 Å². The molecule has 0 aromatic rings. The molecule has 1 rings (SSSR count). The topological polar surface area (TPSA) is 47.6 Å². The molecule has 0 aromatic heterocycles. The van der Waals surface area contributed by atoms with Gasteiger partial charge >= 0.3 is 5.97 Å². The molecule has 5 heteroatoms. The van der Waals surface area contributed by atoms with Crippen LogP contribution in [0.25, 0.3) is 0 Å². The molecule has 1 unspecified atom stereocenters. The molecule has 0 bridgehead atoms. The summed E-state index contributed by atoms with van der Waals surface area (Å²) in [6, 6.07) is 0. The van der Waals surface area contributed by atoms with Gasteiger partial charge in [-0.25, -0.2) is 4.79 Å². The number of halogens is 1. The van der Waals surface area contributed by atoms with Crippen LogP contribution in [0.3, 0.4) is 0 Å². The van der Waals surface area contributed by atoms with E-state index in [9.17, 15) is 4.79 Å². The third-order valence-electron chi connectivity index (χ3n) is 1.07. The number of ether oxygens (including phenoxy) is 1. The first kappa shape index (κ1) is 8.10. The Bertz CT molecular complexity index is 202. The largest absolute Gasteiger partial charge is 0.482 e. The Morgan fingerprint density at radius 3 is 3.00 bits per heavy atom. The third kappa shape index (κ3) is 2.25. The summed E-state index contributed by atoms with van der Waals surface area (Å²) < 4.78 is 4.85. The molecule has 0 saturated carbocycles. The van der Waals surface area contributed by atoms with Crippen molar-refractivity contribution in [2.75, 3.05) is 0 Å². The van der Waals surface area contributed by atoms with E-state index in [0.717, 1.165) is 0 Å². The van der Waals surface area contributed by atoms with Crippen LogP contribution >= 0.6 is 11.8 Å². The molecular weight excluding hydrogens is 170 g/mol. The fourth-order valence-corrected chi connectivity index (χ4v) is 0.692. The van der Waals surface area contributed by atoms with Crippen molar-refractivity contribution in [2.24, 2.45) is 0 Å². The maximum absolute atomic E-state index is 10.8. The lowest BCUT2D eigenvalue weighted by Gasteiger charge is -2.11. The maximum Gasteiger partial charge on any atom is 0.371 e. The summed E-state index contributed by atoms with van der Waals surface area (Å²) >= 11 is 4.92. The van der Waals surface area contributed by atoms with Gasteiger partial charge in [-0.05, 0) is 12.2 Å². The molecule has 1 N–H and O–H groups in total. The van der Waals surface area contributed by atoms with Crippen LogP contribution in [0.4, 0.5) is 0 Å². The first-order valence-electron chi connectivity index (χ1n) is 2.89. The first-order chi connectivity index (χ1) is 5.34. The Hall–Kier alpha value is -1.00. The van der Waals surface area contributed by atoms with Crippen LogP contribution in [0.2, 0.25) is 0 Å². The lowest BCUT2D eigenvalue weighted by atomic mass is 10.3. The number of hydrogen-bond donors (Lipinski definition) is 1. The fraction of sp³-hybridized carbons (Fsp3) is 0.167. The predicted octanol–water partition coefficient (Wildman–Crippen LogP) is 0.657. The van der Waals surface area contributed by atoms with Gasteiger partial charge in [0.05, 0.1) is 6.26 Å². The fourth-order valence-electron chi connectivity index (χ4n) is 0.616. The van der Waals surface area contributed by atoms with E-state index in [1.165, 1.54) is 6.26 Å². The van der Waals surface area contributed by atoms with Gasteiger partial charge in [0.15, 0.2) is 0 Å².